The van der Waals surface area contributed by atoms with Gasteiger partial charge in [0.25, 0.3) is 5.91 Å². The molecule has 2 rings (SSSR count). The second kappa shape index (κ2) is 9.23. The highest BCUT2D eigenvalue weighted by Gasteiger charge is 2.14. The number of ether oxygens (including phenoxy) is 1. The maximum Gasteiger partial charge on any atom is 0.258 e. The van der Waals surface area contributed by atoms with E-state index in [-0.39, 0.29) is 18.1 Å². The number of benzene rings is 2. The van der Waals surface area contributed by atoms with E-state index in [0.29, 0.717) is 6.54 Å². The van der Waals surface area contributed by atoms with E-state index in [1.807, 2.05) is 51.1 Å². The van der Waals surface area contributed by atoms with Gasteiger partial charge in [-0.1, -0.05) is 48.5 Å². The van der Waals surface area contributed by atoms with Gasteiger partial charge in [0, 0.05) is 17.6 Å². The molecule has 0 spiro atoms. The van der Waals surface area contributed by atoms with Crippen LogP contribution in [-0.4, -0.2) is 24.6 Å². The third-order valence-corrected chi connectivity index (χ3v) is 3.59. The summed E-state index contributed by atoms with van der Waals surface area (Å²) in [6.07, 6.45) is 0.984. The van der Waals surface area contributed by atoms with Gasteiger partial charge in [0.05, 0.1) is 0 Å². The standard InChI is InChI=1S/C21H28N2O2/c1-21(2,3)23-20(24)16-25-19-12-8-7-11-18(19)15-22-14-13-17-9-5-4-6-10-17/h4-12,22H,13-16H2,1-3H3,(H,23,24). The van der Waals surface area contributed by atoms with Crippen molar-refractivity contribution in [3.05, 3.63) is 65.7 Å². The van der Waals surface area contributed by atoms with Gasteiger partial charge < -0.3 is 15.4 Å². The lowest BCUT2D eigenvalue weighted by Crippen LogP contribution is -2.43. The first kappa shape index (κ1) is 19.0. The van der Waals surface area contributed by atoms with Gasteiger partial charge in [0.1, 0.15) is 5.75 Å². The van der Waals surface area contributed by atoms with Crippen LogP contribution in [0.1, 0.15) is 31.9 Å². The minimum absolute atomic E-state index is 0.0261. The van der Waals surface area contributed by atoms with E-state index >= 15 is 0 Å². The first-order valence-electron chi connectivity index (χ1n) is 8.70. The molecule has 2 aromatic carbocycles. The molecule has 4 heteroatoms. The molecule has 0 heterocycles. The molecule has 0 aromatic heterocycles. The summed E-state index contributed by atoms with van der Waals surface area (Å²) in [6, 6.07) is 18.2. The molecule has 0 aliphatic carbocycles. The van der Waals surface area contributed by atoms with Gasteiger partial charge in [-0.05, 0) is 45.4 Å². The van der Waals surface area contributed by atoms with Crippen LogP contribution in [0.15, 0.2) is 54.6 Å². The van der Waals surface area contributed by atoms with Crippen molar-refractivity contribution in [2.45, 2.75) is 39.3 Å². The van der Waals surface area contributed by atoms with Gasteiger partial charge in [-0.2, -0.15) is 0 Å². The largest absolute Gasteiger partial charge is 0.483 e. The lowest BCUT2D eigenvalue weighted by molar-refractivity contribution is -0.124. The molecule has 2 aromatic rings. The third-order valence-electron chi connectivity index (χ3n) is 3.59. The van der Waals surface area contributed by atoms with Gasteiger partial charge in [0.2, 0.25) is 0 Å². The second-order valence-corrected chi connectivity index (χ2v) is 7.11. The van der Waals surface area contributed by atoms with E-state index in [0.717, 1.165) is 24.3 Å². The summed E-state index contributed by atoms with van der Waals surface area (Å²) in [5.74, 6) is 0.637. The molecule has 0 atom stereocenters. The summed E-state index contributed by atoms with van der Waals surface area (Å²) in [6.45, 7) is 7.49. The number of carbonyl (C=O) groups excluding carboxylic acids is 1. The maximum atomic E-state index is 11.9. The Kier molecular flexibility index (Phi) is 7.02. The monoisotopic (exact) mass is 340 g/mol. The molecule has 134 valence electrons. The first-order chi connectivity index (χ1) is 11.9. The molecule has 0 aliphatic rings. The number of carbonyl (C=O) groups is 1. The number of para-hydroxylation sites is 1. The zero-order valence-electron chi connectivity index (χ0n) is 15.3. The third kappa shape index (κ3) is 7.40. The van der Waals surface area contributed by atoms with Gasteiger partial charge in [-0.25, -0.2) is 0 Å². The number of hydrogen-bond acceptors (Lipinski definition) is 3. The topological polar surface area (TPSA) is 50.4 Å². The first-order valence-corrected chi connectivity index (χ1v) is 8.70. The summed E-state index contributed by atoms with van der Waals surface area (Å²) >= 11 is 0. The highest BCUT2D eigenvalue weighted by molar-refractivity contribution is 5.78. The van der Waals surface area contributed by atoms with E-state index in [1.54, 1.807) is 0 Å². The fraction of sp³-hybridized carbons (Fsp3) is 0.381. The van der Waals surface area contributed by atoms with Crippen molar-refractivity contribution in [2.75, 3.05) is 13.2 Å². The Morgan fingerprint density at radius 3 is 2.40 bits per heavy atom. The molecule has 0 saturated heterocycles. The van der Waals surface area contributed by atoms with Crippen molar-refractivity contribution in [3.63, 3.8) is 0 Å². The van der Waals surface area contributed by atoms with Crippen molar-refractivity contribution in [2.24, 2.45) is 0 Å². The molecule has 0 aliphatic heterocycles. The Morgan fingerprint density at radius 2 is 1.68 bits per heavy atom. The Morgan fingerprint density at radius 1 is 1.00 bits per heavy atom. The zero-order chi connectivity index (χ0) is 18.1. The van der Waals surface area contributed by atoms with Crippen molar-refractivity contribution < 1.29 is 9.53 Å². The molecule has 1 amide bonds. The Labute approximate surface area is 150 Å². The summed E-state index contributed by atoms with van der Waals surface area (Å²) in [5.41, 5.74) is 2.12. The SMILES string of the molecule is CC(C)(C)NC(=O)COc1ccccc1CNCCc1ccccc1. The van der Waals surface area contributed by atoms with Crippen LogP contribution in [0, 0.1) is 0 Å². The molecule has 0 saturated carbocycles. The average Bonchev–Trinajstić information content (AvgIpc) is 2.57. The van der Waals surface area contributed by atoms with Gasteiger partial charge in [0.15, 0.2) is 6.61 Å². The number of nitrogens with one attached hydrogen (secondary N) is 2. The Hall–Kier alpha value is -2.33. The van der Waals surface area contributed by atoms with Gasteiger partial charge in [-0.3, -0.25) is 4.79 Å². The molecule has 2 N–H and O–H groups in total. The number of hydrogen-bond donors (Lipinski definition) is 2. The van der Waals surface area contributed by atoms with E-state index in [9.17, 15) is 4.79 Å². The summed E-state index contributed by atoms with van der Waals surface area (Å²) < 4.78 is 5.71. The van der Waals surface area contributed by atoms with Crippen molar-refractivity contribution >= 4 is 5.91 Å². The summed E-state index contributed by atoms with van der Waals surface area (Å²) in [5, 5.41) is 6.34. The molecule has 0 bridgehead atoms. The van der Waals surface area contributed by atoms with Crippen LogP contribution < -0.4 is 15.4 Å². The molecular weight excluding hydrogens is 312 g/mol. The van der Waals surface area contributed by atoms with E-state index < -0.39 is 0 Å². The smallest absolute Gasteiger partial charge is 0.258 e. The molecule has 0 radical (unpaired) electrons. The minimum atomic E-state index is -0.251. The highest BCUT2D eigenvalue weighted by atomic mass is 16.5. The number of rotatable bonds is 8. The van der Waals surface area contributed by atoms with Crippen LogP contribution in [0.25, 0.3) is 0 Å². The van der Waals surface area contributed by atoms with Crippen LogP contribution >= 0.6 is 0 Å². The van der Waals surface area contributed by atoms with Gasteiger partial charge in [-0.15, -0.1) is 0 Å². The van der Waals surface area contributed by atoms with Crippen LogP contribution in [-0.2, 0) is 17.8 Å². The predicted molar refractivity (Wildman–Crippen MR) is 102 cm³/mol. The summed E-state index contributed by atoms with van der Waals surface area (Å²) in [4.78, 5) is 11.9. The van der Waals surface area contributed by atoms with Crippen molar-refractivity contribution in [1.29, 1.82) is 0 Å². The molecule has 0 unspecified atom stereocenters. The quantitative estimate of drug-likeness (QED) is 0.725. The molecule has 25 heavy (non-hydrogen) atoms. The lowest BCUT2D eigenvalue weighted by atomic mass is 10.1. The highest BCUT2D eigenvalue weighted by Crippen LogP contribution is 2.17. The molecular formula is C21H28N2O2. The minimum Gasteiger partial charge on any atom is -0.483 e. The van der Waals surface area contributed by atoms with E-state index in [4.69, 9.17) is 4.74 Å². The average molecular weight is 340 g/mol. The van der Waals surface area contributed by atoms with Gasteiger partial charge >= 0.3 is 0 Å². The van der Waals surface area contributed by atoms with Crippen LogP contribution in [0.3, 0.4) is 0 Å². The molecule has 4 nitrogen and oxygen atoms in total. The summed E-state index contributed by atoms with van der Waals surface area (Å²) in [7, 11) is 0. The zero-order valence-corrected chi connectivity index (χ0v) is 15.3. The molecule has 0 fully saturated rings. The number of amides is 1. The van der Waals surface area contributed by atoms with Crippen LogP contribution in [0.2, 0.25) is 0 Å². The second-order valence-electron chi connectivity index (χ2n) is 7.11. The van der Waals surface area contributed by atoms with Crippen LogP contribution in [0.4, 0.5) is 0 Å². The fourth-order valence-corrected chi connectivity index (χ4v) is 2.49. The predicted octanol–water partition coefficient (Wildman–Crippen LogP) is 3.31. The van der Waals surface area contributed by atoms with E-state index in [2.05, 4.69) is 34.9 Å². The fourth-order valence-electron chi connectivity index (χ4n) is 2.49. The Balaban J connectivity index is 1.80. The normalized spacial score (nSPS) is 11.2. The van der Waals surface area contributed by atoms with Crippen LogP contribution in [0.5, 0.6) is 5.75 Å². The maximum absolute atomic E-state index is 11.9. The lowest BCUT2D eigenvalue weighted by Gasteiger charge is -2.20. The Bertz CT molecular complexity index is 663. The van der Waals surface area contributed by atoms with E-state index in [1.165, 1.54) is 5.56 Å². The van der Waals surface area contributed by atoms with Crippen molar-refractivity contribution in [1.82, 2.24) is 10.6 Å². The van der Waals surface area contributed by atoms with Crippen molar-refractivity contribution in [3.8, 4) is 5.75 Å².